The van der Waals surface area contributed by atoms with E-state index in [0.717, 1.165) is 0 Å². The van der Waals surface area contributed by atoms with E-state index in [4.69, 9.17) is 14.2 Å². The first-order chi connectivity index (χ1) is 8.13. The van der Waals surface area contributed by atoms with Crippen LogP contribution in [0.5, 0.6) is 11.5 Å². The van der Waals surface area contributed by atoms with E-state index in [2.05, 4.69) is 15.9 Å². The molecule has 0 bridgehead atoms. The highest BCUT2D eigenvalue weighted by Crippen LogP contribution is 2.41. The summed E-state index contributed by atoms with van der Waals surface area (Å²) in [6.45, 7) is 2.04. The predicted octanol–water partition coefficient (Wildman–Crippen LogP) is 1.77. The predicted molar refractivity (Wildman–Crippen MR) is 61.9 cm³/mol. The number of aliphatic hydroxyl groups excluding tert-OH is 1. The third kappa shape index (κ3) is 2.37. The summed E-state index contributed by atoms with van der Waals surface area (Å²) in [7, 11) is 0. The maximum atomic E-state index is 11.4. The molecule has 1 aromatic rings. The Balaban J connectivity index is 2.28. The Labute approximate surface area is 106 Å². The molecule has 5 nitrogen and oxygen atoms in total. The molecule has 1 N–H and O–H groups in total. The molecule has 1 aliphatic heterocycles. The van der Waals surface area contributed by atoms with Crippen LogP contribution in [0.2, 0.25) is 0 Å². The van der Waals surface area contributed by atoms with E-state index < -0.39 is 12.1 Å². The van der Waals surface area contributed by atoms with Gasteiger partial charge in [0.05, 0.1) is 11.1 Å². The zero-order chi connectivity index (χ0) is 12.4. The maximum absolute atomic E-state index is 11.4. The van der Waals surface area contributed by atoms with Crippen LogP contribution in [0.25, 0.3) is 0 Å². The van der Waals surface area contributed by atoms with Gasteiger partial charge in [0, 0.05) is 0 Å². The molecular weight excluding hydrogens is 292 g/mol. The van der Waals surface area contributed by atoms with E-state index in [9.17, 15) is 9.90 Å². The second kappa shape index (κ2) is 4.93. The summed E-state index contributed by atoms with van der Waals surface area (Å²) in [6, 6.07) is 3.17. The van der Waals surface area contributed by atoms with Crippen molar-refractivity contribution in [1.29, 1.82) is 0 Å². The Morgan fingerprint density at radius 1 is 1.59 bits per heavy atom. The number of aliphatic hydroxyl groups is 1. The molecule has 1 atom stereocenters. The highest BCUT2D eigenvalue weighted by atomic mass is 79.9. The van der Waals surface area contributed by atoms with Gasteiger partial charge in [-0.3, -0.25) is 0 Å². The lowest BCUT2D eigenvalue weighted by molar-refractivity contribution is -0.153. The summed E-state index contributed by atoms with van der Waals surface area (Å²) < 4.78 is 15.8. The van der Waals surface area contributed by atoms with Crippen LogP contribution < -0.4 is 9.47 Å². The van der Waals surface area contributed by atoms with Crippen molar-refractivity contribution in [2.45, 2.75) is 13.0 Å². The van der Waals surface area contributed by atoms with Crippen molar-refractivity contribution >= 4 is 21.9 Å². The lowest BCUT2D eigenvalue weighted by Crippen LogP contribution is -2.15. The zero-order valence-corrected chi connectivity index (χ0v) is 10.7. The fourth-order valence-electron chi connectivity index (χ4n) is 1.50. The Morgan fingerprint density at radius 2 is 2.35 bits per heavy atom. The molecule has 0 aromatic heterocycles. The van der Waals surface area contributed by atoms with Crippen LogP contribution in [0.3, 0.4) is 0 Å². The molecule has 92 valence electrons. The van der Waals surface area contributed by atoms with Crippen molar-refractivity contribution < 1.29 is 24.1 Å². The van der Waals surface area contributed by atoms with Gasteiger partial charge in [0.1, 0.15) is 0 Å². The highest BCUT2D eigenvalue weighted by Gasteiger charge is 2.24. The minimum absolute atomic E-state index is 0.132. The molecular formula is C11H11BrO5. The van der Waals surface area contributed by atoms with Crippen LogP contribution in [-0.2, 0) is 9.53 Å². The molecule has 1 aromatic carbocycles. The number of benzene rings is 1. The Bertz CT molecular complexity index is 446. The van der Waals surface area contributed by atoms with Gasteiger partial charge in [-0.25, -0.2) is 4.79 Å². The number of ether oxygens (including phenoxy) is 3. The number of carbonyl (C=O) groups excluding carboxylic acids is 1. The van der Waals surface area contributed by atoms with Gasteiger partial charge < -0.3 is 19.3 Å². The average Bonchev–Trinajstić information content (AvgIpc) is 2.77. The van der Waals surface area contributed by atoms with Crippen LogP contribution >= 0.6 is 15.9 Å². The molecule has 0 spiro atoms. The first-order valence-electron chi connectivity index (χ1n) is 5.07. The van der Waals surface area contributed by atoms with Crippen molar-refractivity contribution in [1.82, 2.24) is 0 Å². The van der Waals surface area contributed by atoms with Crippen molar-refractivity contribution in [3.8, 4) is 11.5 Å². The molecule has 0 radical (unpaired) electrons. The number of hydrogen-bond donors (Lipinski definition) is 1. The largest absolute Gasteiger partial charge is 0.464 e. The molecule has 0 saturated carbocycles. The second-order valence-corrected chi connectivity index (χ2v) is 4.25. The standard InChI is InChI=1S/C11H11BrO5/c1-2-15-11(14)9(13)6-3-7(12)10-8(4-6)16-5-17-10/h3-4,9,13H,2,5H2,1H3/t9-/m1/s1. The van der Waals surface area contributed by atoms with Gasteiger partial charge in [-0.2, -0.15) is 0 Å². The Kier molecular flexibility index (Phi) is 3.54. The molecule has 0 unspecified atom stereocenters. The number of rotatable bonds is 3. The van der Waals surface area contributed by atoms with Gasteiger partial charge in [-0.1, -0.05) is 0 Å². The molecule has 0 saturated heterocycles. The van der Waals surface area contributed by atoms with Gasteiger partial charge in [0.25, 0.3) is 0 Å². The van der Waals surface area contributed by atoms with Gasteiger partial charge in [0.2, 0.25) is 6.79 Å². The first-order valence-corrected chi connectivity index (χ1v) is 5.86. The normalized spacial score (nSPS) is 14.5. The first kappa shape index (κ1) is 12.2. The summed E-state index contributed by atoms with van der Waals surface area (Å²) in [4.78, 5) is 11.4. The number of halogens is 1. The fourth-order valence-corrected chi connectivity index (χ4v) is 2.08. The lowest BCUT2D eigenvalue weighted by Gasteiger charge is -2.11. The van der Waals surface area contributed by atoms with Gasteiger partial charge in [0.15, 0.2) is 17.6 Å². The highest BCUT2D eigenvalue weighted by molar-refractivity contribution is 9.10. The Hall–Kier alpha value is -1.27. The minimum atomic E-state index is -1.32. The smallest absolute Gasteiger partial charge is 0.339 e. The lowest BCUT2D eigenvalue weighted by atomic mass is 10.1. The van der Waals surface area contributed by atoms with Crippen LogP contribution in [0.1, 0.15) is 18.6 Å². The van der Waals surface area contributed by atoms with Crippen LogP contribution in [0, 0.1) is 0 Å². The van der Waals surface area contributed by atoms with E-state index in [1.54, 1.807) is 19.1 Å². The summed E-state index contributed by atoms with van der Waals surface area (Å²) in [5, 5.41) is 9.78. The van der Waals surface area contributed by atoms with Gasteiger partial charge >= 0.3 is 5.97 Å². The summed E-state index contributed by atoms with van der Waals surface area (Å²) in [6.07, 6.45) is -1.32. The van der Waals surface area contributed by atoms with Crippen LogP contribution in [-0.4, -0.2) is 24.5 Å². The molecule has 0 aliphatic carbocycles. The topological polar surface area (TPSA) is 65.0 Å². The molecule has 0 fully saturated rings. The number of esters is 1. The van der Waals surface area contributed by atoms with E-state index in [0.29, 0.717) is 21.5 Å². The van der Waals surface area contributed by atoms with Crippen LogP contribution in [0.4, 0.5) is 0 Å². The van der Waals surface area contributed by atoms with Crippen molar-refractivity contribution in [2.24, 2.45) is 0 Å². The molecule has 17 heavy (non-hydrogen) atoms. The summed E-state index contributed by atoms with van der Waals surface area (Å²) in [5.41, 5.74) is 0.402. The number of fused-ring (bicyclic) bond motifs is 1. The van der Waals surface area contributed by atoms with Crippen molar-refractivity contribution in [3.63, 3.8) is 0 Å². The minimum Gasteiger partial charge on any atom is -0.464 e. The number of hydrogen-bond acceptors (Lipinski definition) is 5. The maximum Gasteiger partial charge on any atom is 0.339 e. The van der Waals surface area contributed by atoms with E-state index in [-0.39, 0.29) is 13.4 Å². The second-order valence-electron chi connectivity index (χ2n) is 3.39. The molecule has 1 aliphatic rings. The fraction of sp³-hybridized carbons (Fsp3) is 0.364. The number of carbonyl (C=O) groups is 1. The third-order valence-electron chi connectivity index (χ3n) is 2.28. The van der Waals surface area contributed by atoms with E-state index in [1.165, 1.54) is 0 Å². The van der Waals surface area contributed by atoms with E-state index >= 15 is 0 Å². The van der Waals surface area contributed by atoms with Crippen LogP contribution in [0.15, 0.2) is 16.6 Å². The zero-order valence-electron chi connectivity index (χ0n) is 9.10. The average molecular weight is 303 g/mol. The van der Waals surface area contributed by atoms with Gasteiger partial charge in [-0.05, 0) is 40.5 Å². The molecule has 2 rings (SSSR count). The Morgan fingerprint density at radius 3 is 3.06 bits per heavy atom. The summed E-state index contributed by atoms with van der Waals surface area (Å²) in [5.74, 6) is 0.390. The molecule has 0 amide bonds. The molecule has 6 heteroatoms. The SMILES string of the molecule is CCOC(=O)[C@H](O)c1cc(Br)c2c(c1)OCO2. The van der Waals surface area contributed by atoms with Gasteiger partial charge in [-0.15, -0.1) is 0 Å². The monoisotopic (exact) mass is 302 g/mol. The van der Waals surface area contributed by atoms with Crippen molar-refractivity contribution in [2.75, 3.05) is 13.4 Å². The molecule has 1 heterocycles. The third-order valence-corrected chi connectivity index (χ3v) is 2.86. The van der Waals surface area contributed by atoms with Crippen molar-refractivity contribution in [3.05, 3.63) is 22.2 Å². The quantitative estimate of drug-likeness (QED) is 0.862. The summed E-state index contributed by atoms with van der Waals surface area (Å²) >= 11 is 3.29. The van der Waals surface area contributed by atoms with E-state index in [1.807, 2.05) is 0 Å².